The van der Waals surface area contributed by atoms with Gasteiger partial charge in [-0.15, -0.1) is 0 Å². The van der Waals surface area contributed by atoms with Crippen molar-refractivity contribution in [1.29, 1.82) is 0 Å². The molecular formula is C24H16N2. The van der Waals surface area contributed by atoms with Gasteiger partial charge in [-0.25, -0.2) is 4.98 Å². The molecule has 0 saturated carbocycles. The Balaban J connectivity index is 1.61. The second-order valence-corrected chi connectivity index (χ2v) is 6.38. The third-order valence-corrected chi connectivity index (χ3v) is 4.68. The quantitative estimate of drug-likeness (QED) is 0.275. The molecule has 4 aromatic carbocycles. The molecular weight excluding hydrogens is 316 g/mol. The molecule has 0 fully saturated rings. The lowest BCUT2D eigenvalue weighted by molar-refractivity contribution is 1.37. The van der Waals surface area contributed by atoms with E-state index >= 15 is 0 Å². The summed E-state index contributed by atoms with van der Waals surface area (Å²) in [5.41, 5.74) is 2.81. The average Bonchev–Trinajstić information content (AvgIpc) is 2.70. The van der Waals surface area contributed by atoms with Gasteiger partial charge in [0.2, 0.25) is 0 Å². The van der Waals surface area contributed by atoms with Gasteiger partial charge in [0.1, 0.15) is 0 Å². The van der Waals surface area contributed by atoms with Crippen LogP contribution in [0.5, 0.6) is 0 Å². The average molecular weight is 332 g/mol. The third-order valence-electron chi connectivity index (χ3n) is 4.68. The number of fused-ring (bicyclic) bond motifs is 3. The van der Waals surface area contributed by atoms with Gasteiger partial charge < -0.3 is 0 Å². The first-order chi connectivity index (χ1) is 12.9. The van der Waals surface area contributed by atoms with Gasteiger partial charge in [0.15, 0.2) is 0 Å². The van der Waals surface area contributed by atoms with Crippen molar-refractivity contribution in [3.8, 4) is 0 Å². The Morgan fingerprint density at radius 1 is 0.615 bits per heavy atom. The van der Waals surface area contributed by atoms with Gasteiger partial charge in [-0.1, -0.05) is 60.7 Å². The van der Waals surface area contributed by atoms with E-state index in [4.69, 9.17) is 4.99 Å². The van der Waals surface area contributed by atoms with E-state index in [9.17, 15) is 0 Å². The van der Waals surface area contributed by atoms with E-state index in [1.165, 1.54) is 16.2 Å². The Morgan fingerprint density at radius 3 is 2.23 bits per heavy atom. The van der Waals surface area contributed by atoms with Crippen LogP contribution in [0.15, 0.2) is 96.0 Å². The number of hydrogen-bond donors (Lipinski definition) is 0. The Bertz CT molecular complexity index is 1290. The highest BCUT2D eigenvalue weighted by Gasteiger charge is 2.02. The molecule has 0 unspecified atom stereocenters. The van der Waals surface area contributed by atoms with Crippen LogP contribution in [-0.2, 0) is 0 Å². The van der Waals surface area contributed by atoms with Crippen molar-refractivity contribution in [2.45, 2.75) is 0 Å². The largest absolute Gasteiger partial charge is 0.254 e. The van der Waals surface area contributed by atoms with E-state index in [0.29, 0.717) is 0 Å². The number of para-hydroxylation sites is 1. The zero-order valence-corrected chi connectivity index (χ0v) is 14.1. The molecule has 2 heteroatoms. The van der Waals surface area contributed by atoms with Crippen molar-refractivity contribution in [2.24, 2.45) is 4.99 Å². The third kappa shape index (κ3) is 2.62. The molecule has 26 heavy (non-hydrogen) atoms. The Morgan fingerprint density at radius 2 is 1.35 bits per heavy atom. The molecule has 0 aliphatic carbocycles. The highest BCUT2D eigenvalue weighted by atomic mass is 14.8. The zero-order chi connectivity index (χ0) is 17.3. The Kier molecular flexibility index (Phi) is 3.46. The summed E-state index contributed by atoms with van der Waals surface area (Å²) in [6, 6.07) is 31.3. The van der Waals surface area contributed by atoms with Crippen molar-refractivity contribution in [3.05, 3.63) is 96.7 Å². The number of rotatable bonds is 2. The highest BCUT2D eigenvalue weighted by molar-refractivity contribution is 6.03. The first-order valence-electron chi connectivity index (χ1n) is 8.68. The molecule has 0 radical (unpaired) electrons. The minimum Gasteiger partial charge on any atom is -0.254 e. The number of nitrogens with zero attached hydrogens (tertiary/aromatic N) is 2. The molecule has 0 bridgehead atoms. The van der Waals surface area contributed by atoms with Crippen LogP contribution < -0.4 is 0 Å². The maximum absolute atomic E-state index is 4.73. The van der Waals surface area contributed by atoms with E-state index in [0.717, 1.165) is 27.7 Å². The summed E-state index contributed by atoms with van der Waals surface area (Å²) in [4.78, 5) is 9.40. The van der Waals surface area contributed by atoms with E-state index in [2.05, 4.69) is 71.7 Å². The molecule has 1 heterocycles. The van der Waals surface area contributed by atoms with Crippen molar-refractivity contribution in [3.63, 3.8) is 0 Å². The normalized spacial score (nSPS) is 11.7. The van der Waals surface area contributed by atoms with Gasteiger partial charge in [0.05, 0.1) is 23.1 Å². The molecule has 5 aromatic rings. The molecule has 0 spiro atoms. The molecule has 0 amide bonds. The molecule has 1 aromatic heterocycles. The molecule has 0 aliphatic rings. The topological polar surface area (TPSA) is 25.2 Å². The minimum atomic E-state index is 0.862. The van der Waals surface area contributed by atoms with E-state index in [1.807, 2.05) is 30.5 Å². The summed E-state index contributed by atoms with van der Waals surface area (Å²) in [5.74, 6) is 0. The molecule has 5 rings (SSSR count). The van der Waals surface area contributed by atoms with Crippen molar-refractivity contribution >= 4 is 44.3 Å². The van der Waals surface area contributed by atoms with Crippen LogP contribution in [-0.4, -0.2) is 11.2 Å². The second kappa shape index (κ2) is 6.08. The fourth-order valence-corrected chi connectivity index (χ4v) is 3.35. The van der Waals surface area contributed by atoms with Gasteiger partial charge in [0, 0.05) is 10.8 Å². The van der Waals surface area contributed by atoms with Crippen molar-refractivity contribution in [1.82, 2.24) is 4.98 Å². The highest BCUT2D eigenvalue weighted by Crippen LogP contribution is 2.30. The lowest BCUT2D eigenvalue weighted by atomic mass is 10.0. The fourth-order valence-electron chi connectivity index (χ4n) is 3.35. The SMILES string of the molecule is C(=Nc1cccc2cc3ccccc3cc12)c1ccc2ccccc2n1. The van der Waals surface area contributed by atoms with Gasteiger partial charge in [0.25, 0.3) is 0 Å². The molecule has 2 nitrogen and oxygen atoms in total. The summed E-state index contributed by atoms with van der Waals surface area (Å²) in [7, 11) is 0. The zero-order valence-electron chi connectivity index (χ0n) is 14.1. The van der Waals surface area contributed by atoms with Crippen LogP contribution in [0.3, 0.4) is 0 Å². The van der Waals surface area contributed by atoms with Crippen LogP contribution in [0.25, 0.3) is 32.4 Å². The summed E-state index contributed by atoms with van der Waals surface area (Å²) in [6.45, 7) is 0. The molecule has 0 aliphatic heterocycles. The number of aromatic nitrogens is 1. The maximum Gasteiger partial charge on any atom is 0.0820 e. The van der Waals surface area contributed by atoms with Gasteiger partial charge in [-0.2, -0.15) is 0 Å². The molecule has 0 N–H and O–H groups in total. The summed E-state index contributed by atoms with van der Waals surface area (Å²) in [5, 5.41) is 5.97. The van der Waals surface area contributed by atoms with Crippen LogP contribution in [0, 0.1) is 0 Å². The van der Waals surface area contributed by atoms with Crippen LogP contribution >= 0.6 is 0 Å². The smallest absolute Gasteiger partial charge is 0.0820 e. The number of aliphatic imine (C=N–C) groups is 1. The fraction of sp³-hybridized carbons (Fsp3) is 0. The number of hydrogen-bond acceptors (Lipinski definition) is 2. The Hall–Kier alpha value is -3.52. The molecule has 122 valence electrons. The van der Waals surface area contributed by atoms with Gasteiger partial charge in [-0.05, 0) is 46.5 Å². The Labute approximate surface area is 151 Å². The van der Waals surface area contributed by atoms with Gasteiger partial charge in [-0.3, -0.25) is 4.99 Å². The van der Waals surface area contributed by atoms with E-state index in [-0.39, 0.29) is 0 Å². The molecule has 0 saturated heterocycles. The summed E-state index contributed by atoms with van der Waals surface area (Å²) in [6.07, 6.45) is 1.84. The minimum absolute atomic E-state index is 0.862. The number of pyridine rings is 1. The molecule has 0 atom stereocenters. The lowest BCUT2D eigenvalue weighted by Gasteiger charge is -2.05. The van der Waals surface area contributed by atoms with Crippen molar-refractivity contribution in [2.75, 3.05) is 0 Å². The predicted molar refractivity (Wildman–Crippen MR) is 110 cm³/mol. The second-order valence-electron chi connectivity index (χ2n) is 6.38. The van der Waals surface area contributed by atoms with Crippen LogP contribution in [0.1, 0.15) is 5.69 Å². The predicted octanol–water partition coefficient (Wildman–Crippen LogP) is 6.29. The first kappa shape index (κ1) is 14.8. The summed E-state index contributed by atoms with van der Waals surface area (Å²) < 4.78 is 0. The number of benzene rings is 4. The van der Waals surface area contributed by atoms with E-state index in [1.54, 1.807) is 0 Å². The standard InChI is InChI=1S/C24H16N2/c1-2-8-19-15-22-20(14-18(19)7-1)9-5-11-24(22)25-16-21-13-12-17-6-3-4-10-23(17)26-21/h1-16H. The van der Waals surface area contributed by atoms with Crippen molar-refractivity contribution < 1.29 is 0 Å². The van der Waals surface area contributed by atoms with Crippen LogP contribution in [0.4, 0.5) is 5.69 Å². The summed E-state index contributed by atoms with van der Waals surface area (Å²) >= 11 is 0. The first-order valence-corrected chi connectivity index (χ1v) is 8.68. The van der Waals surface area contributed by atoms with Gasteiger partial charge >= 0.3 is 0 Å². The monoisotopic (exact) mass is 332 g/mol. The maximum atomic E-state index is 4.73. The lowest BCUT2D eigenvalue weighted by Crippen LogP contribution is -1.88. The van der Waals surface area contributed by atoms with E-state index < -0.39 is 0 Å². The van der Waals surface area contributed by atoms with Crippen LogP contribution in [0.2, 0.25) is 0 Å².